The maximum absolute atomic E-state index is 13.0. The molecule has 30 heavy (non-hydrogen) atoms. The number of nitrogens with two attached hydrogens (primary N) is 1. The van der Waals surface area contributed by atoms with E-state index in [1.54, 1.807) is 23.9 Å². The van der Waals surface area contributed by atoms with Crippen LogP contribution in [-0.2, 0) is 7.05 Å². The van der Waals surface area contributed by atoms with E-state index in [0.717, 1.165) is 44.9 Å². The molecule has 0 saturated heterocycles. The highest BCUT2D eigenvalue weighted by molar-refractivity contribution is 5.86. The third-order valence-electron chi connectivity index (χ3n) is 5.29. The highest BCUT2D eigenvalue weighted by Gasteiger charge is 2.14. The summed E-state index contributed by atoms with van der Waals surface area (Å²) in [6.45, 7) is 3.93. The van der Waals surface area contributed by atoms with E-state index in [9.17, 15) is 4.79 Å². The van der Waals surface area contributed by atoms with Crippen LogP contribution in [0.5, 0.6) is 0 Å². The number of rotatable bonds is 2. The standard InChI is InChI=1S/C23H20N6O/c1-13-8-17(9-14(2)26-13)19-11-22-28(3)23(30)18-6-4-15(10-20(18)29(22)27-19)16-5-7-21(24)25-12-16/h4-12H,1-3H3,(H2,24,25). The lowest BCUT2D eigenvalue weighted by Gasteiger charge is -2.08. The molecule has 4 heterocycles. The summed E-state index contributed by atoms with van der Waals surface area (Å²) >= 11 is 0. The maximum Gasteiger partial charge on any atom is 0.261 e. The molecule has 5 aromatic rings. The fourth-order valence-corrected chi connectivity index (χ4v) is 3.84. The number of aryl methyl sites for hydroxylation is 3. The fraction of sp³-hybridized carbons (Fsp3) is 0.130. The Morgan fingerprint density at radius 1 is 0.900 bits per heavy atom. The van der Waals surface area contributed by atoms with Crippen LogP contribution in [0.15, 0.2) is 59.5 Å². The van der Waals surface area contributed by atoms with E-state index in [0.29, 0.717) is 11.2 Å². The lowest BCUT2D eigenvalue weighted by molar-refractivity contribution is 0.850. The Morgan fingerprint density at radius 3 is 2.33 bits per heavy atom. The van der Waals surface area contributed by atoms with Crippen molar-refractivity contribution in [3.63, 3.8) is 0 Å². The van der Waals surface area contributed by atoms with Gasteiger partial charge in [0.2, 0.25) is 0 Å². The van der Waals surface area contributed by atoms with Gasteiger partial charge in [0.25, 0.3) is 5.56 Å². The van der Waals surface area contributed by atoms with E-state index in [-0.39, 0.29) is 5.56 Å². The van der Waals surface area contributed by atoms with Crippen molar-refractivity contribution >= 4 is 22.4 Å². The van der Waals surface area contributed by atoms with Gasteiger partial charge in [-0.15, -0.1) is 0 Å². The molecular formula is C23H20N6O. The molecule has 7 nitrogen and oxygen atoms in total. The maximum atomic E-state index is 13.0. The number of nitrogen functional groups attached to an aromatic ring is 1. The zero-order valence-corrected chi connectivity index (χ0v) is 16.9. The van der Waals surface area contributed by atoms with Gasteiger partial charge in [0.05, 0.1) is 16.6 Å². The van der Waals surface area contributed by atoms with E-state index < -0.39 is 0 Å². The number of hydrogen-bond acceptors (Lipinski definition) is 5. The van der Waals surface area contributed by atoms with Crippen molar-refractivity contribution in [3.05, 3.63) is 76.5 Å². The van der Waals surface area contributed by atoms with Crippen LogP contribution in [0.1, 0.15) is 11.4 Å². The lowest BCUT2D eigenvalue weighted by atomic mass is 10.1. The second kappa shape index (κ2) is 6.52. The molecule has 0 spiro atoms. The van der Waals surface area contributed by atoms with E-state index in [2.05, 4.69) is 9.97 Å². The molecule has 148 valence electrons. The van der Waals surface area contributed by atoms with Crippen molar-refractivity contribution < 1.29 is 0 Å². The summed E-state index contributed by atoms with van der Waals surface area (Å²) in [5.41, 5.74) is 12.6. The first-order valence-electron chi connectivity index (χ1n) is 9.61. The Hall–Kier alpha value is -4.00. The smallest absolute Gasteiger partial charge is 0.261 e. The van der Waals surface area contributed by atoms with Gasteiger partial charge < -0.3 is 5.73 Å². The van der Waals surface area contributed by atoms with Crippen molar-refractivity contribution in [1.82, 2.24) is 24.1 Å². The van der Waals surface area contributed by atoms with E-state index in [4.69, 9.17) is 10.8 Å². The van der Waals surface area contributed by atoms with Crippen LogP contribution in [0.25, 0.3) is 38.9 Å². The number of aromatic nitrogens is 5. The molecule has 0 unspecified atom stereocenters. The van der Waals surface area contributed by atoms with Gasteiger partial charge in [0, 0.05) is 41.8 Å². The fourth-order valence-electron chi connectivity index (χ4n) is 3.84. The van der Waals surface area contributed by atoms with Crippen LogP contribution >= 0.6 is 0 Å². The predicted molar refractivity (Wildman–Crippen MR) is 118 cm³/mol. The molecule has 5 rings (SSSR count). The molecule has 4 aromatic heterocycles. The number of anilines is 1. The second-order valence-corrected chi connectivity index (χ2v) is 7.51. The molecule has 0 radical (unpaired) electrons. The summed E-state index contributed by atoms with van der Waals surface area (Å²) < 4.78 is 3.45. The summed E-state index contributed by atoms with van der Waals surface area (Å²) in [7, 11) is 1.77. The Balaban J connectivity index is 1.80. The van der Waals surface area contributed by atoms with Gasteiger partial charge in [-0.3, -0.25) is 14.3 Å². The molecular weight excluding hydrogens is 376 g/mol. The van der Waals surface area contributed by atoms with Crippen molar-refractivity contribution in [3.8, 4) is 22.4 Å². The van der Waals surface area contributed by atoms with Crippen molar-refractivity contribution in [2.75, 3.05) is 5.73 Å². The van der Waals surface area contributed by atoms with Crippen molar-refractivity contribution in [2.45, 2.75) is 13.8 Å². The second-order valence-electron chi connectivity index (χ2n) is 7.51. The Morgan fingerprint density at radius 2 is 1.63 bits per heavy atom. The van der Waals surface area contributed by atoms with Crippen molar-refractivity contribution in [1.29, 1.82) is 0 Å². The van der Waals surface area contributed by atoms with Gasteiger partial charge in [-0.25, -0.2) is 9.50 Å². The average Bonchev–Trinajstić information content (AvgIpc) is 3.17. The number of nitrogens with zero attached hydrogens (tertiary/aromatic N) is 5. The van der Waals surface area contributed by atoms with Gasteiger partial charge in [0.15, 0.2) is 0 Å². The molecule has 7 heteroatoms. The molecule has 0 amide bonds. The minimum absolute atomic E-state index is 0.0620. The zero-order chi connectivity index (χ0) is 21.0. The van der Waals surface area contributed by atoms with E-state index >= 15 is 0 Å². The largest absolute Gasteiger partial charge is 0.384 e. The first kappa shape index (κ1) is 18.1. The SMILES string of the molecule is Cc1cc(-c2cc3n(C)c(=O)c4ccc(-c5ccc(N)nc5)cc4n3n2)cc(C)n1. The quantitative estimate of drug-likeness (QED) is 0.493. The van der Waals surface area contributed by atoms with E-state index in [1.165, 1.54) is 0 Å². The molecule has 0 bridgehead atoms. The van der Waals surface area contributed by atoms with Gasteiger partial charge in [0.1, 0.15) is 11.5 Å². The Labute approximate surface area is 172 Å². The monoisotopic (exact) mass is 396 g/mol. The summed E-state index contributed by atoms with van der Waals surface area (Å²) in [5, 5.41) is 5.44. The van der Waals surface area contributed by atoms with Crippen LogP contribution < -0.4 is 11.3 Å². The van der Waals surface area contributed by atoms with Crippen LogP contribution in [0.4, 0.5) is 5.82 Å². The number of fused-ring (bicyclic) bond motifs is 3. The highest BCUT2D eigenvalue weighted by atomic mass is 16.1. The summed E-state index contributed by atoms with van der Waals surface area (Å²) in [4.78, 5) is 21.6. The first-order chi connectivity index (χ1) is 14.4. The Kier molecular flexibility index (Phi) is 3.92. The minimum Gasteiger partial charge on any atom is -0.384 e. The summed E-state index contributed by atoms with van der Waals surface area (Å²) in [6.07, 6.45) is 1.73. The highest BCUT2D eigenvalue weighted by Crippen LogP contribution is 2.26. The number of hydrogen-bond donors (Lipinski definition) is 1. The molecule has 1 aromatic carbocycles. The topological polar surface area (TPSA) is 91.1 Å². The molecule has 2 N–H and O–H groups in total. The van der Waals surface area contributed by atoms with Gasteiger partial charge in [-0.05, 0) is 55.8 Å². The number of pyridine rings is 2. The third kappa shape index (κ3) is 2.83. The molecule has 0 saturated carbocycles. The number of benzene rings is 1. The van der Waals surface area contributed by atoms with Crippen LogP contribution in [0, 0.1) is 13.8 Å². The van der Waals surface area contributed by atoms with Gasteiger partial charge in [-0.2, -0.15) is 5.10 Å². The molecule has 0 fully saturated rings. The van der Waals surface area contributed by atoms with Crippen molar-refractivity contribution in [2.24, 2.45) is 7.05 Å². The first-order valence-corrected chi connectivity index (χ1v) is 9.61. The average molecular weight is 396 g/mol. The van der Waals surface area contributed by atoms with Crippen LogP contribution in [0.3, 0.4) is 0 Å². The van der Waals surface area contributed by atoms with E-state index in [1.807, 2.05) is 60.8 Å². The summed E-state index contributed by atoms with van der Waals surface area (Å²) in [6, 6.07) is 15.3. The molecule has 0 aliphatic rings. The Bertz CT molecular complexity index is 1470. The van der Waals surface area contributed by atoms with Gasteiger partial charge >= 0.3 is 0 Å². The molecule has 0 aliphatic carbocycles. The zero-order valence-electron chi connectivity index (χ0n) is 16.9. The van der Waals surface area contributed by atoms with Crippen LogP contribution in [-0.4, -0.2) is 24.1 Å². The van der Waals surface area contributed by atoms with Gasteiger partial charge in [-0.1, -0.05) is 6.07 Å². The third-order valence-corrected chi connectivity index (χ3v) is 5.29. The molecule has 0 aliphatic heterocycles. The van der Waals surface area contributed by atoms with Crippen LogP contribution in [0.2, 0.25) is 0 Å². The summed E-state index contributed by atoms with van der Waals surface area (Å²) in [5.74, 6) is 0.468. The molecule has 0 atom stereocenters. The minimum atomic E-state index is -0.0620. The normalized spacial score (nSPS) is 11.4. The lowest BCUT2D eigenvalue weighted by Crippen LogP contribution is -2.19. The predicted octanol–water partition coefficient (Wildman–Crippen LogP) is 3.51.